The highest BCUT2D eigenvalue weighted by atomic mass is 16.5. The van der Waals surface area contributed by atoms with Crippen molar-refractivity contribution >= 4 is 0 Å². The van der Waals surface area contributed by atoms with Crippen LogP contribution in [0.15, 0.2) is 48.8 Å². The van der Waals surface area contributed by atoms with Crippen LogP contribution < -0.4 is 9.47 Å². The van der Waals surface area contributed by atoms with E-state index in [1.165, 1.54) is 25.7 Å². The zero-order valence-corrected chi connectivity index (χ0v) is 19.7. The van der Waals surface area contributed by atoms with Gasteiger partial charge in [-0.3, -0.25) is 0 Å². The summed E-state index contributed by atoms with van der Waals surface area (Å²) in [5.41, 5.74) is 0.980. The lowest BCUT2D eigenvalue weighted by molar-refractivity contribution is 0.300. The lowest BCUT2D eigenvalue weighted by Gasteiger charge is -2.09. The molecule has 0 spiro atoms. The van der Waals surface area contributed by atoms with Crippen LogP contribution in [0, 0.1) is 5.92 Å². The van der Waals surface area contributed by atoms with Gasteiger partial charge in [-0.1, -0.05) is 58.6 Å². The van der Waals surface area contributed by atoms with Crippen LogP contribution in [-0.2, 0) is 0 Å². The first-order valence-corrected chi connectivity index (χ1v) is 12.1. The Labute approximate surface area is 189 Å². The summed E-state index contributed by atoms with van der Waals surface area (Å²) in [7, 11) is 0. The van der Waals surface area contributed by atoms with Crippen LogP contribution in [0.3, 0.4) is 0 Å². The number of benzene rings is 1. The van der Waals surface area contributed by atoms with E-state index in [9.17, 15) is 0 Å². The van der Waals surface area contributed by atoms with E-state index in [0.717, 1.165) is 68.3 Å². The predicted molar refractivity (Wildman–Crippen MR) is 130 cm³/mol. The van der Waals surface area contributed by atoms with Crippen molar-refractivity contribution in [1.82, 2.24) is 9.97 Å². The number of hydrogen-bond acceptors (Lipinski definition) is 4. The molecule has 31 heavy (non-hydrogen) atoms. The second kappa shape index (κ2) is 15.4. The van der Waals surface area contributed by atoms with Crippen molar-refractivity contribution in [2.24, 2.45) is 5.92 Å². The Balaban J connectivity index is 1.67. The van der Waals surface area contributed by atoms with Gasteiger partial charge in [-0.05, 0) is 62.3 Å². The van der Waals surface area contributed by atoms with Crippen LogP contribution in [0.2, 0.25) is 0 Å². The monoisotopic (exact) mass is 424 g/mol. The largest absolute Gasteiger partial charge is 0.494 e. The van der Waals surface area contributed by atoms with E-state index in [1.54, 1.807) is 12.4 Å². The molecule has 1 atom stereocenters. The van der Waals surface area contributed by atoms with E-state index in [-0.39, 0.29) is 0 Å². The van der Waals surface area contributed by atoms with Crippen LogP contribution in [0.1, 0.15) is 78.6 Å². The van der Waals surface area contributed by atoms with Crippen molar-refractivity contribution in [2.45, 2.75) is 78.6 Å². The van der Waals surface area contributed by atoms with Gasteiger partial charge in [-0.15, -0.1) is 0 Å². The Bertz CT molecular complexity index is 726. The molecule has 2 rings (SSSR count). The molecule has 0 radical (unpaired) electrons. The van der Waals surface area contributed by atoms with Crippen molar-refractivity contribution in [1.29, 1.82) is 0 Å². The number of nitrogens with zero attached hydrogens (tertiary/aromatic N) is 2. The van der Waals surface area contributed by atoms with E-state index in [2.05, 4.69) is 42.9 Å². The average Bonchev–Trinajstić information content (AvgIpc) is 2.81. The van der Waals surface area contributed by atoms with E-state index in [0.29, 0.717) is 5.82 Å². The third-order valence-electron chi connectivity index (χ3n) is 5.48. The first-order valence-electron chi connectivity index (χ1n) is 12.1. The van der Waals surface area contributed by atoms with E-state index in [1.807, 2.05) is 24.3 Å². The predicted octanol–water partition coefficient (Wildman–Crippen LogP) is 7.64. The third-order valence-corrected chi connectivity index (χ3v) is 5.48. The van der Waals surface area contributed by atoms with Gasteiger partial charge in [0.25, 0.3) is 0 Å². The zero-order valence-electron chi connectivity index (χ0n) is 19.7. The summed E-state index contributed by atoms with van der Waals surface area (Å²) < 4.78 is 11.6. The molecule has 1 aromatic carbocycles. The average molecular weight is 425 g/mol. The molecule has 0 aliphatic heterocycles. The quantitative estimate of drug-likeness (QED) is 0.205. The van der Waals surface area contributed by atoms with Crippen molar-refractivity contribution in [3.05, 3.63) is 48.8 Å². The lowest BCUT2D eigenvalue weighted by Crippen LogP contribution is -2.00. The van der Waals surface area contributed by atoms with Gasteiger partial charge in [-0.2, -0.15) is 0 Å². The van der Waals surface area contributed by atoms with E-state index in [4.69, 9.17) is 9.47 Å². The fourth-order valence-corrected chi connectivity index (χ4v) is 3.24. The second-order valence-electron chi connectivity index (χ2n) is 8.20. The summed E-state index contributed by atoms with van der Waals surface area (Å²) in [5.74, 6) is 3.16. The highest BCUT2D eigenvalue weighted by Crippen LogP contribution is 2.21. The third kappa shape index (κ3) is 10.5. The number of allylic oxidation sites excluding steroid dienone is 2. The molecule has 0 amide bonds. The molecule has 0 aliphatic rings. The molecule has 0 fully saturated rings. The molecule has 1 heterocycles. The van der Waals surface area contributed by atoms with E-state index >= 15 is 0 Å². The molecule has 2 aromatic rings. The minimum Gasteiger partial charge on any atom is -0.494 e. The SMILES string of the molecule is CCC=CCCCCOc1ccc(-c2ncc(OCCCCC[C@@H](C)CC)cn2)cc1. The molecule has 4 nitrogen and oxygen atoms in total. The standard InChI is InChI=1S/C27H40N2O2/c1-4-6-7-8-9-12-19-30-25-17-15-24(16-18-25)27-28-21-26(22-29-27)31-20-13-10-11-14-23(3)5-2/h6-7,15-18,21-23H,4-5,8-14,19-20H2,1-3H3/t23-/m0/s1. The smallest absolute Gasteiger partial charge is 0.159 e. The summed E-state index contributed by atoms with van der Waals surface area (Å²) in [4.78, 5) is 8.91. The second-order valence-corrected chi connectivity index (χ2v) is 8.20. The highest BCUT2D eigenvalue weighted by molar-refractivity contribution is 5.56. The number of ether oxygens (including phenoxy) is 2. The molecule has 0 bridgehead atoms. The summed E-state index contributed by atoms with van der Waals surface area (Å²) in [6, 6.07) is 7.98. The van der Waals surface area contributed by atoms with Gasteiger partial charge in [0.15, 0.2) is 11.6 Å². The number of aromatic nitrogens is 2. The highest BCUT2D eigenvalue weighted by Gasteiger charge is 2.04. The first-order chi connectivity index (χ1) is 15.2. The Morgan fingerprint density at radius 3 is 2.16 bits per heavy atom. The van der Waals surface area contributed by atoms with Crippen LogP contribution in [0.25, 0.3) is 11.4 Å². The summed E-state index contributed by atoms with van der Waals surface area (Å²) in [5, 5.41) is 0. The first kappa shape index (κ1) is 24.9. The van der Waals surface area contributed by atoms with Crippen LogP contribution in [-0.4, -0.2) is 23.2 Å². The fourth-order valence-electron chi connectivity index (χ4n) is 3.24. The maximum atomic E-state index is 5.83. The maximum Gasteiger partial charge on any atom is 0.159 e. The normalized spacial score (nSPS) is 12.2. The number of rotatable bonds is 16. The van der Waals surface area contributed by atoms with Gasteiger partial charge < -0.3 is 9.47 Å². The summed E-state index contributed by atoms with van der Waals surface area (Å²) >= 11 is 0. The molecule has 170 valence electrons. The molecule has 0 N–H and O–H groups in total. The maximum absolute atomic E-state index is 5.83. The van der Waals surface area contributed by atoms with Gasteiger partial charge in [-0.25, -0.2) is 9.97 Å². The van der Waals surface area contributed by atoms with Crippen LogP contribution >= 0.6 is 0 Å². The van der Waals surface area contributed by atoms with E-state index < -0.39 is 0 Å². The molecule has 0 aliphatic carbocycles. The Kier molecular flexibility index (Phi) is 12.4. The van der Waals surface area contributed by atoms with Gasteiger partial charge in [0.1, 0.15) is 5.75 Å². The van der Waals surface area contributed by atoms with Gasteiger partial charge in [0.05, 0.1) is 25.6 Å². The van der Waals surface area contributed by atoms with Gasteiger partial charge >= 0.3 is 0 Å². The minimum atomic E-state index is 0.704. The van der Waals surface area contributed by atoms with Gasteiger partial charge in [0.2, 0.25) is 0 Å². The van der Waals surface area contributed by atoms with Crippen molar-refractivity contribution < 1.29 is 9.47 Å². The van der Waals surface area contributed by atoms with Crippen LogP contribution in [0.4, 0.5) is 0 Å². The fraction of sp³-hybridized carbons (Fsp3) is 0.556. The zero-order chi connectivity index (χ0) is 22.2. The topological polar surface area (TPSA) is 44.2 Å². The molecule has 1 aromatic heterocycles. The molecule has 0 saturated carbocycles. The van der Waals surface area contributed by atoms with Crippen molar-refractivity contribution in [2.75, 3.05) is 13.2 Å². The Hall–Kier alpha value is -2.36. The summed E-state index contributed by atoms with van der Waals surface area (Å²) in [6.45, 7) is 8.22. The molecule has 0 unspecified atom stereocenters. The minimum absolute atomic E-state index is 0.704. The number of unbranched alkanes of at least 4 members (excludes halogenated alkanes) is 4. The van der Waals surface area contributed by atoms with Crippen molar-refractivity contribution in [3.8, 4) is 22.9 Å². The lowest BCUT2D eigenvalue weighted by atomic mass is 10.0. The molecular formula is C27H40N2O2. The van der Waals surface area contributed by atoms with Crippen molar-refractivity contribution in [3.63, 3.8) is 0 Å². The number of hydrogen-bond donors (Lipinski definition) is 0. The Morgan fingerprint density at radius 2 is 1.48 bits per heavy atom. The molecule has 0 saturated heterocycles. The molecular weight excluding hydrogens is 384 g/mol. The van der Waals surface area contributed by atoms with Crippen LogP contribution in [0.5, 0.6) is 11.5 Å². The van der Waals surface area contributed by atoms with Gasteiger partial charge in [0, 0.05) is 5.56 Å². The Morgan fingerprint density at radius 1 is 0.806 bits per heavy atom. The molecule has 4 heteroatoms. The summed E-state index contributed by atoms with van der Waals surface area (Å²) in [6.07, 6.45) is 18.6.